The number of anilines is 1. The topological polar surface area (TPSA) is 57.8 Å². The zero-order chi connectivity index (χ0) is 15.9. The first-order valence-electron chi connectivity index (χ1n) is 6.37. The van der Waals surface area contributed by atoms with Crippen molar-refractivity contribution in [2.45, 2.75) is 6.92 Å². The van der Waals surface area contributed by atoms with Crippen LogP contribution in [0.4, 0.5) is 18.9 Å². The number of hydrogen-bond acceptors (Lipinski definition) is 2. The fraction of sp³-hybridized carbons (Fsp3) is 0.0667. The Bertz CT molecular complexity index is 889. The molecule has 1 amide bonds. The molecule has 3 aromatic rings. The minimum Gasteiger partial charge on any atom is -0.342 e. The molecule has 1 aromatic heterocycles. The van der Waals surface area contributed by atoms with Crippen LogP contribution >= 0.6 is 0 Å². The van der Waals surface area contributed by atoms with Gasteiger partial charge in [0.2, 0.25) is 0 Å². The molecule has 0 radical (unpaired) electrons. The van der Waals surface area contributed by atoms with Gasteiger partial charge in [0.05, 0.1) is 16.6 Å². The lowest BCUT2D eigenvalue weighted by Crippen LogP contribution is -2.15. The normalized spacial score (nSPS) is 10.9. The van der Waals surface area contributed by atoms with Crippen molar-refractivity contribution in [2.75, 3.05) is 5.32 Å². The molecule has 0 fully saturated rings. The van der Waals surface area contributed by atoms with Crippen LogP contribution in [0, 0.1) is 24.4 Å². The van der Waals surface area contributed by atoms with Crippen molar-refractivity contribution >= 4 is 22.6 Å². The number of aromatic amines is 1. The van der Waals surface area contributed by atoms with Crippen molar-refractivity contribution in [3.05, 3.63) is 59.2 Å². The highest BCUT2D eigenvalue weighted by Crippen LogP contribution is 2.20. The number of imidazole rings is 1. The van der Waals surface area contributed by atoms with Crippen molar-refractivity contribution in [1.82, 2.24) is 9.97 Å². The molecule has 0 aliphatic heterocycles. The quantitative estimate of drug-likeness (QED) is 0.711. The van der Waals surface area contributed by atoms with E-state index in [0.29, 0.717) is 23.1 Å². The van der Waals surface area contributed by atoms with E-state index in [-0.39, 0.29) is 0 Å². The van der Waals surface area contributed by atoms with Crippen molar-refractivity contribution in [3.8, 4) is 0 Å². The zero-order valence-corrected chi connectivity index (χ0v) is 11.4. The SMILES string of the molecule is Cc1nc2ccc(NC(=O)c3ccc(F)c(F)c3F)cc2[nH]1. The van der Waals surface area contributed by atoms with Crippen LogP contribution in [0.2, 0.25) is 0 Å². The monoisotopic (exact) mass is 305 g/mol. The van der Waals surface area contributed by atoms with E-state index >= 15 is 0 Å². The Balaban J connectivity index is 1.91. The van der Waals surface area contributed by atoms with Crippen LogP contribution in [0.3, 0.4) is 0 Å². The summed E-state index contributed by atoms with van der Waals surface area (Å²) in [5, 5.41) is 2.43. The molecule has 0 aliphatic rings. The maximum absolute atomic E-state index is 13.6. The van der Waals surface area contributed by atoms with Crippen molar-refractivity contribution in [2.24, 2.45) is 0 Å². The third-order valence-electron chi connectivity index (χ3n) is 3.14. The molecule has 2 N–H and O–H groups in total. The predicted octanol–water partition coefficient (Wildman–Crippen LogP) is 3.54. The van der Waals surface area contributed by atoms with E-state index in [2.05, 4.69) is 15.3 Å². The number of carbonyl (C=O) groups excluding carboxylic acids is 1. The Labute approximate surface area is 123 Å². The molecule has 2 aromatic carbocycles. The van der Waals surface area contributed by atoms with Gasteiger partial charge in [-0.1, -0.05) is 0 Å². The van der Waals surface area contributed by atoms with E-state index in [4.69, 9.17) is 0 Å². The Morgan fingerprint density at radius 3 is 2.68 bits per heavy atom. The number of benzene rings is 2. The fourth-order valence-corrected chi connectivity index (χ4v) is 2.11. The van der Waals surface area contributed by atoms with Gasteiger partial charge in [-0.15, -0.1) is 0 Å². The van der Waals surface area contributed by atoms with Gasteiger partial charge in [0, 0.05) is 5.69 Å². The van der Waals surface area contributed by atoms with Crippen LogP contribution in [-0.4, -0.2) is 15.9 Å². The summed E-state index contributed by atoms with van der Waals surface area (Å²) in [6.07, 6.45) is 0. The molecule has 3 rings (SSSR count). The van der Waals surface area contributed by atoms with E-state index in [0.717, 1.165) is 11.6 Å². The highest BCUT2D eigenvalue weighted by molar-refractivity contribution is 6.05. The average molecular weight is 305 g/mol. The number of nitrogens with one attached hydrogen (secondary N) is 2. The maximum atomic E-state index is 13.6. The highest BCUT2D eigenvalue weighted by Gasteiger charge is 2.19. The first-order valence-corrected chi connectivity index (χ1v) is 6.37. The van der Waals surface area contributed by atoms with Gasteiger partial charge in [-0.2, -0.15) is 0 Å². The van der Waals surface area contributed by atoms with Gasteiger partial charge in [-0.25, -0.2) is 18.2 Å². The molecule has 22 heavy (non-hydrogen) atoms. The molecular formula is C15H10F3N3O. The van der Waals surface area contributed by atoms with Gasteiger partial charge < -0.3 is 10.3 Å². The Morgan fingerprint density at radius 2 is 1.91 bits per heavy atom. The molecule has 0 spiro atoms. The largest absolute Gasteiger partial charge is 0.342 e. The van der Waals surface area contributed by atoms with Gasteiger partial charge in [0.15, 0.2) is 17.5 Å². The van der Waals surface area contributed by atoms with Crippen molar-refractivity contribution in [1.29, 1.82) is 0 Å². The third kappa shape index (κ3) is 2.41. The van der Waals surface area contributed by atoms with Gasteiger partial charge >= 0.3 is 0 Å². The second-order valence-corrected chi connectivity index (χ2v) is 4.73. The summed E-state index contributed by atoms with van der Waals surface area (Å²) >= 11 is 0. The molecule has 0 saturated carbocycles. The van der Waals surface area contributed by atoms with Crippen LogP contribution in [0.25, 0.3) is 11.0 Å². The molecule has 4 nitrogen and oxygen atoms in total. The number of nitrogens with zero attached hydrogens (tertiary/aromatic N) is 1. The number of fused-ring (bicyclic) bond motifs is 1. The van der Waals surface area contributed by atoms with Crippen molar-refractivity contribution < 1.29 is 18.0 Å². The maximum Gasteiger partial charge on any atom is 0.258 e. The lowest BCUT2D eigenvalue weighted by molar-refractivity contribution is 0.102. The second kappa shape index (κ2) is 5.18. The van der Waals surface area contributed by atoms with Crippen LogP contribution in [-0.2, 0) is 0 Å². The van der Waals surface area contributed by atoms with E-state index in [1.54, 1.807) is 25.1 Å². The van der Waals surface area contributed by atoms with E-state index in [9.17, 15) is 18.0 Å². The number of H-pyrrole nitrogens is 1. The lowest BCUT2D eigenvalue weighted by Gasteiger charge is -2.07. The number of halogens is 3. The summed E-state index contributed by atoms with van der Waals surface area (Å²) in [6.45, 7) is 1.79. The molecule has 0 saturated heterocycles. The van der Waals surface area contributed by atoms with Crippen LogP contribution < -0.4 is 5.32 Å². The average Bonchev–Trinajstić information content (AvgIpc) is 2.84. The molecule has 1 heterocycles. The molecule has 0 bridgehead atoms. The Kier molecular flexibility index (Phi) is 3.32. The van der Waals surface area contributed by atoms with Crippen LogP contribution in [0.5, 0.6) is 0 Å². The number of hydrogen-bond donors (Lipinski definition) is 2. The molecule has 7 heteroatoms. The number of aromatic nitrogens is 2. The zero-order valence-electron chi connectivity index (χ0n) is 11.4. The third-order valence-corrected chi connectivity index (χ3v) is 3.14. The Morgan fingerprint density at radius 1 is 1.14 bits per heavy atom. The standard InChI is InChI=1S/C15H10F3N3O/c1-7-19-11-5-2-8(6-12(11)20-7)21-15(22)9-3-4-10(16)14(18)13(9)17/h2-6H,1H3,(H,19,20)(H,21,22). The van der Waals surface area contributed by atoms with Gasteiger partial charge in [-0.3, -0.25) is 4.79 Å². The Hall–Kier alpha value is -2.83. The van der Waals surface area contributed by atoms with Crippen LogP contribution in [0.1, 0.15) is 16.2 Å². The first kappa shape index (κ1) is 14.1. The van der Waals surface area contributed by atoms with Gasteiger partial charge in [0.25, 0.3) is 5.91 Å². The van der Waals surface area contributed by atoms with Gasteiger partial charge in [0.1, 0.15) is 5.82 Å². The highest BCUT2D eigenvalue weighted by atomic mass is 19.2. The summed E-state index contributed by atoms with van der Waals surface area (Å²) < 4.78 is 39.6. The fourth-order valence-electron chi connectivity index (χ4n) is 2.11. The number of carbonyl (C=O) groups is 1. The van der Waals surface area contributed by atoms with Crippen molar-refractivity contribution in [3.63, 3.8) is 0 Å². The molecule has 0 atom stereocenters. The summed E-state index contributed by atoms with van der Waals surface area (Å²) in [5.74, 6) is -4.69. The number of amides is 1. The number of aryl methyl sites for hydroxylation is 1. The summed E-state index contributed by atoms with van der Waals surface area (Å²) in [4.78, 5) is 19.2. The summed E-state index contributed by atoms with van der Waals surface area (Å²) in [6, 6.07) is 6.47. The number of rotatable bonds is 2. The predicted molar refractivity (Wildman–Crippen MR) is 75.1 cm³/mol. The lowest BCUT2D eigenvalue weighted by atomic mass is 10.1. The molecule has 112 valence electrons. The summed E-state index contributed by atoms with van der Waals surface area (Å²) in [7, 11) is 0. The molecular weight excluding hydrogens is 295 g/mol. The van der Waals surface area contributed by atoms with E-state index in [1.165, 1.54) is 0 Å². The molecule has 0 aliphatic carbocycles. The minimum absolute atomic E-state index is 0.380. The second-order valence-electron chi connectivity index (χ2n) is 4.73. The van der Waals surface area contributed by atoms with Gasteiger partial charge in [-0.05, 0) is 37.3 Å². The van der Waals surface area contributed by atoms with Crippen LogP contribution in [0.15, 0.2) is 30.3 Å². The smallest absolute Gasteiger partial charge is 0.258 e. The minimum atomic E-state index is -1.67. The van der Waals surface area contributed by atoms with E-state index in [1.807, 2.05) is 0 Å². The molecule has 0 unspecified atom stereocenters. The first-order chi connectivity index (χ1) is 10.5. The van der Waals surface area contributed by atoms with E-state index < -0.39 is 28.9 Å². The summed E-state index contributed by atoms with van der Waals surface area (Å²) in [5.41, 5.74) is 1.22.